The van der Waals surface area contributed by atoms with Crippen molar-refractivity contribution in [1.82, 2.24) is 9.66 Å². The zero-order valence-corrected chi connectivity index (χ0v) is 15.5. The highest BCUT2D eigenvalue weighted by Gasteiger charge is 2.14. The largest absolute Gasteiger partial charge is 0.464 e. The number of fused-ring (bicyclic) bond motifs is 1. The van der Waals surface area contributed by atoms with Crippen LogP contribution in [-0.2, 0) is 0 Å². The van der Waals surface area contributed by atoms with Crippen molar-refractivity contribution in [2.75, 3.05) is 0 Å². The van der Waals surface area contributed by atoms with E-state index in [1.165, 1.54) is 33.5 Å². The highest BCUT2D eigenvalue weighted by atomic mass is 32.1. The first-order valence-corrected chi connectivity index (χ1v) is 9.07. The van der Waals surface area contributed by atoms with E-state index in [0.717, 1.165) is 16.7 Å². The van der Waals surface area contributed by atoms with Gasteiger partial charge < -0.3 is 4.42 Å². The Kier molecular flexibility index (Phi) is 4.05. The van der Waals surface area contributed by atoms with E-state index in [0.29, 0.717) is 16.0 Å². The van der Waals surface area contributed by atoms with Crippen molar-refractivity contribution in [3.8, 4) is 11.3 Å². The van der Waals surface area contributed by atoms with Crippen molar-refractivity contribution in [3.05, 3.63) is 74.8 Å². The van der Waals surface area contributed by atoms with E-state index in [2.05, 4.69) is 36.1 Å². The van der Waals surface area contributed by atoms with Gasteiger partial charge in [0.15, 0.2) is 0 Å². The van der Waals surface area contributed by atoms with Crippen LogP contribution in [0.15, 0.2) is 56.5 Å². The molecule has 4 rings (SSSR count). The Labute approximate surface area is 154 Å². The van der Waals surface area contributed by atoms with Crippen LogP contribution in [0, 0.1) is 20.8 Å². The van der Waals surface area contributed by atoms with E-state index in [1.807, 2.05) is 18.4 Å². The summed E-state index contributed by atoms with van der Waals surface area (Å²) in [6, 6.07) is 7.83. The second-order valence-electron chi connectivity index (χ2n) is 6.24. The number of hydrogen-bond acceptors (Lipinski definition) is 5. The van der Waals surface area contributed by atoms with Crippen LogP contribution in [-0.4, -0.2) is 15.9 Å². The molecule has 26 heavy (non-hydrogen) atoms. The van der Waals surface area contributed by atoms with Gasteiger partial charge in [0, 0.05) is 10.9 Å². The summed E-state index contributed by atoms with van der Waals surface area (Å²) in [7, 11) is 0. The lowest BCUT2D eigenvalue weighted by molar-refractivity contribution is 0.583. The molecule has 0 unspecified atom stereocenters. The van der Waals surface area contributed by atoms with Gasteiger partial charge in [0.05, 0.1) is 17.9 Å². The third kappa shape index (κ3) is 2.78. The summed E-state index contributed by atoms with van der Waals surface area (Å²) in [6.45, 7) is 6.18. The lowest BCUT2D eigenvalue weighted by Crippen LogP contribution is -2.16. The zero-order valence-electron chi connectivity index (χ0n) is 14.7. The molecule has 0 aliphatic heterocycles. The molecule has 4 aromatic rings. The van der Waals surface area contributed by atoms with Gasteiger partial charge in [-0.15, -0.1) is 11.3 Å². The fraction of sp³-hybridized carbons (Fsp3) is 0.150. The number of furan rings is 1. The predicted molar refractivity (Wildman–Crippen MR) is 105 cm³/mol. The summed E-state index contributed by atoms with van der Waals surface area (Å²) < 4.78 is 6.72. The molecule has 1 aromatic carbocycles. The maximum atomic E-state index is 12.9. The summed E-state index contributed by atoms with van der Waals surface area (Å²) in [5.74, 6) is 0.655. The van der Waals surface area contributed by atoms with Crippen molar-refractivity contribution in [2.24, 2.45) is 5.10 Å². The van der Waals surface area contributed by atoms with E-state index < -0.39 is 0 Å². The molecule has 130 valence electrons. The summed E-state index contributed by atoms with van der Waals surface area (Å²) in [6.07, 6.45) is 4.75. The SMILES string of the molecule is Cc1cc(C)c(/C=N\n2cnc3scc(-c4ccco4)c3c2=O)cc1C. The highest BCUT2D eigenvalue weighted by molar-refractivity contribution is 7.17. The molecule has 3 aromatic heterocycles. The molecule has 0 aliphatic rings. The summed E-state index contributed by atoms with van der Waals surface area (Å²) in [5, 5.41) is 6.77. The minimum absolute atomic E-state index is 0.208. The Bertz CT molecular complexity index is 1180. The smallest absolute Gasteiger partial charge is 0.283 e. The Morgan fingerprint density at radius 1 is 1.19 bits per heavy atom. The lowest BCUT2D eigenvalue weighted by Gasteiger charge is -2.06. The van der Waals surface area contributed by atoms with E-state index in [9.17, 15) is 4.79 Å². The van der Waals surface area contributed by atoms with Crippen LogP contribution in [0.1, 0.15) is 22.3 Å². The van der Waals surface area contributed by atoms with E-state index in [4.69, 9.17) is 4.42 Å². The molecule has 0 N–H and O–H groups in total. The zero-order chi connectivity index (χ0) is 18.3. The molecule has 0 saturated heterocycles. The normalized spacial score (nSPS) is 11.7. The Balaban J connectivity index is 1.81. The molecular formula is C20H17N3O2S. The summed E-state index contributed by atoms with van der Waals surface area (Å²) in [5.41, 5.74) is 5.07. The topological polar surface area (TPSA) is 60.4 Å². The fourth-order valence-electron chi connectivity index (χ4n) is 2.87. The first-order chi connectivity index (χ1) is 12.5. The van der Waals surface area contributed by atoms with Gasteiger partial charge in [-0.25, -0.2) is 4.98 Å². The van der Waals surface area contributed by atoms with Crippen LogP contribution in [0.4, 0.5) is 0 Å². The maximum Gasteiger partial charge on any atom is 0.283 e. The van der Waals surface area contributed by atoms with Crippen LogP contribution in [0.2, 0.25) is 0 Å². The minimum Gasteiger partial charge on any atom is -0.464 e. The van der Waals surface area contributed by atoms with Crippen molar-refractivity contribution in [2.45, 2.75) is 20.8 Å². The molecule has 5 nitrogen and oxygen atoms in total. The number of aromatic nitrogens is 2. The summed E-state index contributed by atoms with van der Waals surface area (Å²) >= 11 is 1.42. The Morgan fingerprint density at radius 2 is 2.00 bits per heavy atom. The molecule has 0 saturated carbocycles. The van der Waals surface area contributed by atoms with Crippen LogP contribution in [0.25, 0.3) is 21.5 Å². The monoisotopic (exact) mass is 363 g/mol. The average molecular weight is 363 g/mol. The molecule has 0 fully saturated rings. The number of nitrogens with zero attached hydrogens (tertiary/aromatic N) is 3. The molecule has 0 aliphatic carbocycles. The molecule has 0 atom stereocenters. The molecule has 0 amide bonds. The first kappa shape index (κ1) is 16.5. The quantitative estimate of drug-likeness (QED) is 0.503. The highest BCUT2D eigenvalue weighted by Crippen LogP contribution is 2.30. The number of rotatable bonds is 3. The van der Waals surface area contributed by atoms with E-state index in [-0.39, 0.29) is 5.56 Å². The van der Waals surface area contributed by atoms with Gasteiger partial charge in [0.1, 0.15) is 16.9 Å². The second-order valence-corrected chi connectivity index (χ2v) is 7.10. The number of benzene rings is 1. The van der Waals surface area contributed by atoms with Gasteiger partial charge in [-0.3, -0.25) is 4.79 Å². The van der Waals surface area contributed by atoms with Crippen molar-refractivity contribution in [3.63, 3.8) is 0 Å². The van der Waals surface area contributed by atoms with E-state index in [1.54, 1.807) is 18.5 Å². The summed E-state index contributed by atoms with van der Waals surface area (Å²) in [4.78, 5) is 17.9. The third-order valence-corrected chi connectivity index (χ3v) is 5.35. The second kappa shape index (κ2) is 6.38. The van der Waals surface area contributed by atoms with Crippen molar-refractivity contribution < 1.29 is 4.42 Å². The molecule has 3 heterocycles. The van der Waals surface area contributed by atoms with Gasteiger partial charge in [-0.05, 0) is 61.2 Å². The number of hydrogen-bond donors (Lipinski definition) is 0. The Hall–Kier alpha value is -2.99. The van der Waals surface area contributed by atoms with Gasteiger partial charge in [0.2, 0.25) is 0 Å². The first-order valence-electron chi connectivity index (χ1n) is 8.19. The van der Waals surface area contributed by atoms with Gasteiger partial charge in [-0.1, -0.05) is 6.07 Å². The number of aryl methyl sites for hydroxylation is 3. The van der Waals surface area contributed by atoms with Crippen LogP contribution in [0.3, 0.4) is 0 Å². The minimum atomic E-state index is -0.208. The predicted octanol–water partition coefficient (Wildman–Crippen LogP) is 4.53. The molecule has 0 bridgehead atoms. The standard InChI is InChI=1S/C20H17N3O2S/c1-12-7-14(3)15(8-13(12)2)9-22-23-11-21-19-18(20(23)24)16(10-26-19)17-5-4-6-25-17/h4-11H,1-3H3/b22-9-. The molecule has 6 heteroatoms. The van der Waals surface area contributed by atoms with Gasteiger partial charge in [-0.2, -0.15) is 9.78 Å². The molecule has 0 spiro atoms. The maximum absolute atomic E-state index is 12.9. The number of thiophene rings is 1. The molecular weight excluding hydrogens is 346 g/mol. The lowest BCUT2D eigenvalue weighted by atomic mass is 10.0. The third-order valence-electron chi connectivity index (χ3n) is 4.47. The van der Waals surface area contributed by atoms with Crippen LogP contribution < -0.4 is 5.56 Å². The molecule has 0 radical (unpaired) electrons. The van der Waals surface area contributed by atoms with Gasteiger partial charge >= 0.3 is 0 Å². The van der Waals surface area contributed by atoms with Gasteiger partial charge in [0.25, 0.3) is 5.56 Å². The van der Waals surface area contributed by atoms with Crippen molar-refractivity contribution in [1.29, 1.82) is 0 Å². The Morgan fingerprint density at radius 3 is 2.77 bits per heavy atom. The van der Waals surface area contributed by atoms with Crippen LogP contribution in [0.5, 0.6) is 0 Å². The van der Waals surface area contributed by atoms with E-state index >= 15 is 0 Å². The van der Waals surface area contributed by atoms with Crippen molar-refractivity contribution >= 4 is 27.8 Å². The fourth-order valence-corrected chi connectivity index (χ4v) is 3.75. The van der Waals surface area contributed by atoms with Crippen LogP contribution >= 0.6 is 11.3 Å². The average Bonchev–Trinajstić information content (AvgIpc) is 3.27.